The Balaban J connectivity index is 1.95. The number of hydrogen-bond donors (Lipinski definition) is 0. The van der Waals surface area contributed by atoms with Crippen LogP contribution in [-0.2, 0) is 22.5 Å². The molecule has 3 rings (SSSR count). The van der Waals surface area contributed by atoms with Gasteiger partial charge >= 0.3 is 0 Å². The highest BCUT2D eigenvalue weighted by Gasteiger charge is 2.46. The first kappa shape index (κ1) is 17.5. The molecule has 1 saturated heterocycles. The summed E-state index contributed by atoms with van der Waals surface area (Å²) < 4.78 is 23.2. The number of nitrogens with zero attached hydrogens (tertiary/aromatic N) is 1. The van der Waals surface area contributed by atoms with Crippen molar-refractivity contribution >= 4 is 33.5 Å². The monoisotopic (exact) mass is 397 g/mol. The lowest BCUT2D eigenvalue weighted by molar-refractivity contribution is 0.0162. The summed E-state index contributed by atoms with van der Waals surface area (Å²) in [5, 5.41) is 0. The van der Waals surface area contributed by atoms with Crippen molar-refractivity contribution < 1.29 is 9.29 Å². The molecule has 2 unspecified atom stereocenters. The van der Waals surface area contributed by atoms with Gasteiger partial charge in [0.15, 0.2) is 0 Å². The van der Waals surface area contributed by atoms with E-state index in [0.29, 0.717) is 0 Å². The number of halogens is 1. The zero-order valence-corrected chi connectivity index (χ0v) is 16.4. The molecule has 1 aliphatic heterocycles. The van der Waals surface area contributed by atoms with Crippen LogP contribution in [0.5, 0.6) is 0 Å². The Morgan fingerprint density at radius 2 is 2.04 bits per heavy atom. The Hall–Kier alpha value is -0.360. The van der Waals surface area contributed by atoms with Gasteiger partial charge in [0.05, 0.1) is 6.21 Å². The third kappa shape index (κ3) is 3.53. The van der Waals surface area contributed by atoms with E-state index in [1.165, 1.54) is 11.1 Å². The molecule has 1 spiro atoms. The SMILES string of the molecule is CC(C)(C)[S+]([O-])/N=C\C1c2cc(Br)ccc2CC12CCOCC2. The van der Waals surface area contributed by atoms with Crippen LogP contribution in [-0.4, -0.2) is 28.7 Å². The van der Waals surface area contributed by atoms with Crippen LogP contribution in [0.25, 0.3) is 0 Å². The van der Waals surface area contributed by atoms with E-state index in [9.17, 15) is 4.55 Å². The second-order valence-corrected chi connectivity index (χ2v) is 10.4. The van der Waals surface area contributed by atoms with Crippen molar-refractivity contribution in [2.45, 2.75) is 50.7 Å². The van der Waals surface area contributed by atoms with Crippen molar-refractivity contribution in [3.8, 4) is 0 Å². The lowest BCUT2D eigenvalue weighted by Crippen LogP contribution is -2.34. The Morgan fingerprint density at radius 1 is 1.35 bits per heavy atom. The van der Waals surface area contributed by atoms with Crippen molar-refractivity contribution in [3.05, 3.63) is 33.8 Å². The predicted molar refractivity (Wildman–Crippen MR) is 99.5 cm³/mol. The van der Waals surface area contributed by atoms with Crippen LogP contribution in [0.15, 0.2) is 27.1 Å². The first-order chi connectivity index (χ1) is 10.8. The zero-order valence-electron chi connectivity index (χ0n) is 14.0. The van der Waals surface area contributed by atoms with E-state index in [1.807, 2.05) is 27.0 Å². The summed E-state index contributed by atoms with van der Waals surface area (Å²) in [7, 11) is 0. The minimum absolute atomic E-state index is 0.174. The molecule has 1 fully saturated rings. The van der Waals surface area contributed by atoms with E-state index >= 15 is 0 Å². The normalized spacial score (nSPS) is 25.0. The van der Waals surface area contributed by atoms with Gasteiger partial charge in [-0.2, -0.15) is 0 Å². The molecule has 1 aromatic carbocycles. The number of fused-ring (bicyclic) bond motifs is 1. The van der Waals surface area contributed by atoms with Crippen molar-refractivity contribution in [1.29, 1.82) is 0 Å². The van der Waals surface area contributed by atoms with E-state index < -0.39 is 11.4 Å². The topological polar surface area (TPSA) is 44.7 Å². The molecule has 1 aliphatic carbocycles. The van der Waals surface area contributed by atoms with Crippen LogP contribution in [0.4, 0.5) is 0 Å². The van der Waals surface area contributed by atoms with Gasteiger partial charge in [0.1, 0.15) is 16.1 Å². The van der Waals surface area contributed by atoms with Gasteiger partial charge in [-0.05, 0) is 68.7 Å². The summed E-state index contributed by atoms with van der Waals surface area (Å²) in [6.45, 7) is 7.50. The standard InChI is InChI=1S/C18H24BrNO2S/c1-17(2,3)23(21)20-12-16-15-10-14(19)5-4-13(15)11-18(16)6-8-22-9-7-18/h4-5,10,12,16H,6-9,11H2,1-3H3/b20-12-. The van der Waals surface area contributed by atoms with Gasteiger partial charge in [-0.3, -0.25) is 0 Å². The first-order valence-electron chi connectivity index (χ1n) is 8.14. The molecule has 0 N–H and O–H groups in total. The summed E-state index contributed by atoms with van der Waals surface area (Å²) in [5.74, 6) is 0.227. The quantitative estimate of drug-likeness (QED) is 0.547. The van der Waals surface area contributed by atoms with Gasteiger partial charge in [-0.15, -0.1) is 0 Å². The Labute approximate surface area is 150 Å². The summed E-state index contributed by atoms with van der Waals surface area (Å²) >= 11 is 2.38. The second kappa shape index (κ2) is 6.51. The number of benzene rings is 1. The molecule has 1 heterocycles. The number of rotatable bonds is 2. The third-order valence-corrected chi connectivity index (χ3v) is 6.82. The maximum Gasteiger partial charge on any atom is 0.144 e. The fourth-order valence-corrected chi connectivity index (χ4v) is 4.54. The molecule has 0 saturated carbocycles. The summed E-state index contributed by atoms with van der Waals surface area (Å²) in [6, 6.07) is 6.53. The molecule has 1 aromatic rings. The average molecular weight is 398 g/mol. The van der Waals surface area contributed by atoms with Crippen LogP contribution < -0.4 is 0 Å². The first-order valence-corrected chi connectivity index (χ1v) is 10.0. The molecule has 0 radical (unpaired) electrons. The van der Waals surface area contributed by atoms with E-state index in [4.69, 9.17) is 4.74 Å². The van der Waals surface area contributed by atoms with Crippen LogP contribution in [0, 0.1) is 5.41 Å². The molecule has 0 bridgehead atoms. The lowest BCUT2D eigenvalue weighted by Gasteiger charge is -2.37. The lowest BCUT2D eigenvalue weighted by atomic mass is 9.71. The summed E-state index contributed by atoms with van der Waals surface area (Å²) in [4.78, 5) is 0. The maximum absolute atomic E-state index is 12.4. The van der Waals surface area contributed by atoms with Gasteiger partial charge in [-0.25, -0.2) is 0 Å². The number of ether oxygens (including phenoxy) is 1. The smallest absolute Gasteiger partial charge is 0.144 e. The summed E-state index contributed by atoms with van der Waals surface area (Å²) in [6.07, 6.45) is 5.11. The molecular formula is C18H24BrNO2S. The highest BCUT2D eigenvalue weighted by atomic mass is 79.9. The Kier molecular flexibility index (Phi) is 4.94. The number of hydrogen-bond acceptors (Lipinski definition) is 3. The largest absolute Gasteiger partial charge is 0.591 e. The van der Waals surface area contributed by atoms with Crippen LogP contribution in [0.2, 0.25) is 0 Å². The third-order valence-electron chi connectivity index (χ3n) is 4.96. The van der Waals surface area contributed by atoms with E-state index in [2.05, 4.69) is 38.5 Å². The van der Waals surface area contributed by atoms with Crippen LogP contribution in [0.1, 0.15) is 50.7 Å². The predicted octanol–water partition coefficient (Wildman–Crippen LogP) is 4.42. The van der Waals surface area contributed by atoms with Gasteiger partial charge < -0.3 is 9.29 Å². The molecule has 2 atom stereocenters. The van der Waals surface area contributed by atoms with Crippen molar-refractivity contribution in [2.75, 3.05) is 13.2 Å². The van der Waals surface area contributed by atoms with E-state index in [0.717, 1.165) is 36.9 Å². The van der Waals surface area contributed by atoms with Crippen LogP contribution in [0.3, 0.4) is 0 Å². The Morgan fingerprint density at radius 3 is 2.70 bits per heavy atom. The maximum atomic E-state index is 12.4. The Bertz CT molecular complexity index is 606. The highest BCUT2D eigenvalue weighted by molar-refractivity contribution is 9.10. The fraction of sp³-hybridized carbons (Fsp3) is 0.611. The molecule has 0 amide bonds. The molecule has 3 nitrogen and oxygen atoms in total. The van der Waals surface area contributed by atoms with Gasteiger partial charge in [0, 0.05) is 23.6 Å². The average Bonchev–Trinajstić information content (AvgIpc) is 2.77. The van der Waals surface area contributed by atoms with Gasteiger partial charge in [0.25, 0.3) is 0 Å². The molecular weight excluding hydrogens is 374 g/mol. The highest BCUT2D eigenvalue weighted by Crippen LogP contribution is 2.52. The molecule has 126 valence electrons. The van der Waals surface area contributed by atoms with E-state index in [-0.39, 0.29) is 16.1 Å². The van der Waals surface area contributed by atoms with Crippen LogP contribution >= 0.6 is 15.9 Å². The van der Waals surface area contributed by atoms with Crippen molar-refractivity contribution in [3.63, 3.8) is 0 Å². The van der Waals surface area contributed by atoms with Gasteiger partial charge in [0.2, 0.25) is 0 Å². The molecule has 2 aliphatic rings. The molecule has 0 aromatic heterocycles. The van der Waals surface area contributed by atoms with E-state index in [1.54, 1.807) is 0 Å². The van der Waals surface area contributed by atoms with Gasteiger partial charge in [-0.1, -0.05) is 26.4 Å². The molecule has 23 heavy (non-hydrogen) atoms. The zero-order chi connectivity index (χ0) is 16.7. The molecule has 5 heteroatoms. The minimum Gasteiger partial charge on any atom is -0.591 e. The minimum atomic E-state index is -1.21. The summed E-state index contributed by atoms with van der Waals surface area (Å²) in [5.41, 5.74) is 2.90. The fourth-order valence-electron chi connectivity index (χ4n) is 3.61. The second-order valence-electron chi connectivity index (χ2n) is 7.59. The van der Waals surface area contributed by atoms with Crippen molar-refractivity contribution in [2.24, 2.45) is 9.81 Å². The van der Waals surface area contributed by atoms with Crippen molar-refractivity contribution in [1.82, 2.24) is 0 Å².